The van der Waals surface area contributed by atoms with Crippen molar-refractivity contribution in [3.8, 4) is 17.2 Å². The molecular formula is C20H19F3N4O4S. The van der Waals surface area contributed by atoms with Crippen LogP contribution in [0.5, 0.6) is 5.75 Å². The molecule has 1 aliphatic heterocycles. The number of piperazine rings is 1. The van der Waals surface area contributed by atoms with Gasteiger partial charge >= 0.3 is 12.2 Å². The van der Waals surface area contributed by atoms with Gasteiger partial charge in [-0.2, -0.15) is 17.5 Å². The molecule has 0 atom stereocenters. The molecule has 2 heterocycles. The first kappa shape index (κ1) is 22.1. The smallest absolute Gasteiger partial charge is 0.416 e. The van der Waals surface area contributed by atoms with E-state index in [0.717, 1.165) is 22.5 Å². The minimum absolute atomic E-state index is 0.0683. The van der Waals surface area contributed by atoms with Gasteiger partial charge in [0, 0.05) is 31.7 Å². The fraction of sp³-hybridized carbons (Fsp3) is 0.300. The van der Waals surface area contributed by atoms with Crippen LogP contribution in [0.15, 0.2) is 57.8 Å². The molecule has 1 saturated heterocycles. The first-order chi connectivity index (χ1) is 15.2. The van der Waals surface area contributed by atoms with Gasteiger partial charge < -0.3 is 14.1 Å². The van der Waals surface area contributed by atoms with Crippen molar-refractivity contribution in [3.05, 3.63) is 54.1 Å². The van der Waals surface area contributed by atoms with E-state index >= 15 is 0 Å². The Bertz CT molecular complexity index is 1190. The zero-order chi connectivity index (χ0) is 22.9. The molecule has 32 heavy (non-hydrogen) atoms. The number of rotatable bonds is 5. The Morgan fingerprint density at radius 2 is 1.69 bits per heavy atom. The van der Waals surface area contributed by atoms with Crippen LogP contribution in [0.2, 0.25) is 0 Å². The summed E-state index contributed by atoms with van der Waals surface area (Å²) in [6.07, 6.45) is -4.62. The van der Waals surface area contributed by atoms with Crippen molar-refractivity contribution in [3.63, 3.8) is 0 Å². The number of methoxy groups -OCH3 is 1. The van der Waals surface area contributed by atoms with Gasteiger partial charge in [0.15, 0.2) is 0 Å². The molecule has 2 aromatic carbocycles. The second kappa shape index (κ2) is 8.43. The van der Waals surface area contributed by atoms with Gasteiger partial charge in [-0.05, 0) is 42.5 Å². The third kappa shape index (κ3) is 4.41. The molecule has 3 aromatic rings. The number of hydrogen-bond donors (Lipinski definition) is 0. The first-order valence-corrected chi connectivity index (χ1v) is 11.0. The normalized spacial score (nSPS) is 15.7. The van der Waals surface area contributed by atoms with E-state index in [4.69, 9.17) is 9.15 Å². The second-order valence-corrected chi connectivity index (χ2v) is 8.97. The molecule has 170 valence electrons. The van der Waals surface area contributed by atoms with Crippen molar-refractivity contribution >= 4 is 16.0 Å². The molecule has 0 unspecified atom stereocenters. The van der Waals surface area contributed by atoms with Crippen molar-refractivity contribution in [1.82, 2.24) is 14.5 Å². The van der Waals surface area contributed by atoms with Crippen LogP contribution in [0.25, 0.3) is 11.5 Å². The molecular weight excluding hydrogens is 449 g/mol. The van der Waals surface area contributed by atoms with E-state index in [1.807, 2.05) is 0 Å². The number of benzene rings is 2. The van der Waals surface area contributed by atoms with Crippen LogP contribution in [-0.2, 0) is 16.2 Å². The van der Waals surface area contributed by atoms with Gasteiger partial charge in [0.1, 0.15) is 5.75 Å². The zero-order valence-electron chi connectivity index (χ0n) is 16.9. The molecule has 0 radical (unpaired) electrons. The summed E-state index contributed by atoms with van der Waals surface area (Å²) in [5.74, 6) is 0.994. The Morgan fingerprint density at radius 1 is 1.00 bits per heavy atom. The number of alkyl halides is 3. The minimum Gasteiger partial charge on any atom is -0.497 e. The van der Waals surface area contributed by atoms with Crippen molar-refractivity contribution in [2.75, 3.05) is 38.2 Å². The number of hydrogen-bond acceptors (Lipinski definition) is 7. The highest BCUT2D eigenvalue weighted by molar-refractivity contribution is 7.89. The minimum atomic E-state index is -4.62. The maximum Gasteiger partial charge on any atom is 0.416 e. The number of halogens is 3. The molecule has 0 spiro atoms. The Morgan fingerprint density at radius 3 is 2.31 bits per heavy atom. The SMILES string of the molecule is COc1ccc(-c2nnc(N3CCN(S(=O)(=O)c4cccc(C(F)(F)F)c4)CC3)o2)cc1. The number of anilines is 1. The van der Waals surface area contributed by atoms with E-state index in [-0.39, 0.29) is 37.1 Å². The predicted molar refractivity (Wildman–Crippen MR) is 109 cm³/mol. The summed E-state index contributed by atoms with van der Waals surface area (Å²) < 4.78 is 76.5. The van der Waals surface area contributed by atoms with Gasteiger partial charge in [0.25, 0.3) is 0 Å². The number of ether oxygens (including phenoxy) is 1. The van der Waals surface area contributed by atoms with Crippen LogP contribution in [-0.4, -0.2) is 56.2 Å². The maximum atomic E-state index is 13.0. The number of sulfonamides is 1. The Labute approximate surface area is 182 Å². The van der Waals surface area contributed by atoms with E-state index in [2.05, 4.69) is 10.2 Å². The lowest BCUT2D eigenvalue weighted by Crippen LogP contribution is -2.48. The molecule has 12 heteroatoms. The van der Waals surface area contributed by atoms with E-state index in [9.17, 15) is 21.6 Å². The second-order valence-electron chi connectivity index (χ2n) is 7.04. The third-order valence-electron chi connectivity index (χ3n) is 5.06. The molecule has 0 bridgehead atoms. The summed E-state index contributed by atoms with van der Waals surface area (Å²) in [4.78, 5) is 1.35. The summed E-state index contributed by atoms with van der Waals surface area (Å²) >= 11 is 0. The van der Waals surface area contributed by atoms with Crippen LogP contribution >= 0.6 is 0 Å². The van der Waals surface area contributed by atoms with Gasteiger partial charge in [0.2, 0.25) is 15.9 Å². The average molecular weight is 468 g/mol. The first-order valence-electron chi connectivity index (χ1n) is 9.59. The molecule has 1 fully saturated rings. The summed E-state index contributed by atoms with van der Waals surface area (Å²) in [7, 11) is -2.50. The van der Waals surface area contributed by atoms with E-state index in [1.165, 1.54) is 0 Å². The average Bonchev–Trinajstić information content (AvgIpc) is 3.29. The highest BCUT2D eigenvalue weighted by atomic mass is 32.2. The molecule has 0 aliphatic carbocycles. The monoisotopic (exact) mass is 468 g/mol. The van der Waals surface area contributed by atoms with E-state index < -0.39 is 21.8 Å². The zero-order valence-corrected chi connectivity index (χ0v) is 17.7. The van der Waals surface area contributed by atoms with Gasteiger partial charge in [-0.25, -0.2) is 8.42 Å². The predicted octanol–water partition coefficient (Wildman–Crippen LogP) is 3.27. The highest BCUT2D eigenvalue weighted by Crippen LogP contribution is 2.31. The Hall–Kier alpha value is -3.12. The van der Waals surface area contributed by atoms with Gasteiger partial charge in [-0.3, -0.25) is 0 Å². The van der Waals surface area contributed by atoms with Crippen LogP contribution < -0.4 is 9.64 Å². The standard InChI is InChI=1S/C20H19F3N4O4S/c1-30-16-7-5-14(6-8-16)18-24-25-19(31-18)26-9-11-27(12-10-26)32(28,29)17-4-2-3-15(13-17)20(21,22)23/h2-8,13H,9-12H2,1H3. The molecule has 1 aliphatic rings. The lowest BCUT2D eigenvalue weighted by molar-refractivity contribution is -0.137. The lowest BCUT2D eigenvalue weighted by atomic mass is 10.2. The Kier molecular flexibility index (Phi) is 5.82. The van der Waals surface area contributed by atoms with Crippen molar-refractivity contribution < 1.29 is 30.7 Å². The molecule has 1 aromatic heterocycles. The summed E-state index contributed by atoms with van der Waals surface area (Å²) in [6.45, 7) is 0.641. The highest BCUT2D eigenvalue weighted by Gasteiger charge is 2.34. The van der Waals surface area contributed by atoms with Gasteiger partial charge in [-0.15, -0.1) is 5.10 Å². The number of nitrogens with zero attached hydrogens (tertiary/aromatic N) is 4. The van der Waals surface area contributed by atoms with Gasteiger partial charge in [-0.1, -0.05) is 11.2 Å². The number of aromatic nitrogens is 2. The van der Waals surface area contributed by atoms with E-state index in [1.54, 1.807) is 36.3 Å². The lowest BCUT2D eigenvalue weighted by Gasteiger charge is -2.32. The van der Waals surface area contributed by atoms with Crippen molar-refractivity contribution in [2.45, 2.75) is 11.1 Å². The summed E-state index contributed by atoms with van der Waals surface area (Å²) in [5.41, 5.74) is -0.301. The van der Waals surface area contributed by atoms with Crippen molar-refractivity contribution in [2.24, 2.45) is 0 Å². The molecule has 4 rings (SSSR count). The summed E-state index contributed by atoms with van der Waals surface area (Å²) in [6, 6.07) is 11.1. The largest absolute Gasteiger partial charge is 0.497 e. The van der Waals surface area contributed by atoms with Crippen LogP contribution in [0.4, 0.5) is 19.2 Å². The topological polar surface area (TPSA) is 88.8 Å². The quantitative estimate of drug-likeness (QED) is 0.568. The van der Waals surface area contributed by atoms with E-state index in [0.29, 0.717) is 23.3 Å². The fourth-order valence-corrected chi connectivity index (χ4v) is 4.76. The maximum absolute atomic E-state index is 13.0. The molecule has 0 N–H and O–H groups in total. The Balaban J connectivity index is 1.45. The van der Waals surface area contributed by atoms with Gasteiger partial charge in [0.05, 0.1) is 17.6 Å². The fourth-order valence-electron chi connectivity index (χ4n) is 3.30. The van der Waals surface area contributed by atoms with Crippen LogP contribution in [0.3, 0.4) is 0 Å². The molecule has 0 saturated carbocycles. The van der Waals surface area contributed by atoms with Crippen LogP contribution in [0, 0.1) is 0 Å². The van der Waals surface area contributed by atoms with Crippen molar-refractivity contribution in [1.29, 1.82) is 0 Å². The summed E-state index contributed by atoms with van der Waals surface area (Å²) in [5, 5.41) is 8.06. The molecule has 0 amide bonds. The third-order valence-corrected chi connectivity index (χ3v) is 6.95. The van der Waals surface area contributed by atoms with Crippen LogP contribution in [0.1, 0.15) is 5.56 Å². The molecule has 8 nitrogen and oxygen atoms in total.